The van der Waals surface area contributed by atoms with Crippen molar-refractivity contribution in [3.8, 4) is 0 Å². The van der Waals surface area contributed by atoms with Gasteiger partial charge in [-0.3, -0.25) is 0 Å². The molecule has 0 bridgehead atoms. The molecule has 4 heteroatoms. The van der Waals surface area contributed by atoms with Crippen molar-refractivity contribution in [1.29, 1.82) is 0 Å². The van der Waals surface area contributed by atoms with E-state index in [9.17, 15) is 4.79 Å². The van der Waals surface area contributed by atoms with Crippen LogP contribution in [0.1, 0.15) is 12.8 Å². The molecule has 1 aliphatic carbocycles. The fraction of sp³-hybridized carbons (Fsp3) is 0.455. The molecular weight excluding hydrogens is 192 g/mol. The van der Waals surface area contributed by atoms with Crippen molar-refractivity contribution >= 4 is 11.7 Å². The number of hydrogen-bond acceptors (Lipinski definition) is 2. The van der Waals surface area contributed by atoms with Crippen molar-refractivity contribution in [2.24, 2.45) is 16.9 Å². The van der Waals surface area contributed by atoms with Gasteiger partial charge in [0.05, 0.1) is 0 Å². The van der Waals surface area contributed by atoms with Gasteiger partial charge in [0.15, 0.2) is 0 Å². The van der Waals surface area contributed by atoms with Crippen LogP contribution < -0.4 is 0 Å². The minimum absolute atomic E-state index is 0.185. The van der Waals surface area contributed by atoms with Gasteiger partial charge in [0, 0.05) is 12.0 Å². The predicted molar refractivity (Wildman–Crippen MR) is 54.7 cm³/mol. The highest BCUT2D eigenvalue weighted by molar-refractivity contribution is 6.40. The van der Waals surface area contributed by atoms with Crippen LogP contribution in [0.3, 0.4) is 0 Å². The Morgan fingerprint density at radius 3 is 3.00 bits per heavy atom. The highest BCUT2D eigenvalue weighted by atomic mass is 16.4. The number of nitrogens with zero attached hydrogens (tertiary/aromatic N) is 2. The predicted octanol–water partition coefficient (Wildman–Crippen LogP) is 1.32. The van der Waals surface area contributed by atoms with Crippen molar-refractivity contribution in [3.63, 3.8) is 0 Å². The van der Waals surface area contributed by atoms with E-state index in [1.54, 1.807) is 6.08 Å². The smallest absolute Gasteiger partial charge is 0.360 e. The van der Waals surface area contributed by atoms with E-state index in [4.69, 9.17) is 5.11 Å². The number of rotatable bonds is 1. The molecule has 3 unspecified atom stereocenters. The maximum absolute atomic E-state index is 10.9. The molecule has 4 nitrogen and oxygen atoms in total. The summed E-state index contributed by atoms with van der Waals surface area (Å²) in [5.74, 6) is 0.201. The lowest BCUT2D eigenvalue weighted by Gasteiger charge is -2.41. The average Bonchev–Trinajstić information content (AvgIpc) is 2.43. The summed E-state index contributed by atoms with van der Waals surface area (Å²) in [7, 11) is 1.94. The number of allylic oxidation sites excluding steroid dienone is 2. The van der Waals surface area contributed by atoms with Gasteiger partial charge in [-0.2, -0.15) is 0 Å². The van der Waals surface area contributed by atoms with Gasteiger partial charge in [-0.1, -0.05) is 5.10 Å². The van der Waals surface area contributed by atoms with Crippen LogP contribution >= 0.6 is 0 Å². The number of hydrogen-bond donors (Lipinski definition) is 1. The zero-order valence-corrected chi connectivity index (χ0v) is 8.55. The summed E-state index contributed by atoms with van der Waals surface area (Å²) in [6.45, 7) is 0. The Morgan fingerprint density at radius 1 is 1.60 bits per heavy atom. The molecule has 0 radical (unpaired) electrons. The van der Waals surface area contributed by atoms with Crippen molar-refractivity contribution in [2.45, 2.75) is 12.8 Å². The van der Waals surface area contributed by atoms with Gasteiger partial charge >= 0.3 is 5.97 Å². The number of aliphatic carboxylic acids is 1. The molecule has 0 spiro atoms. The lowest BCUT2D eigenvalue weighted by atomic mass is 9.70. The first-order valence-corrected chi connectivity index (χ1v) is 5.21. The van der Waals surface area contributed by atoms with E-state index in [0.717, 1.165) is 12.1 Å². The molecule has 0 aromatic heterocycles. The Labute approximate surface area is 87.8 Å². The Morgan fingerprint density at radius 2 is 2.40 bits per heavy atom. The molecule has 2 aliphatic heterocycles. The minimum atomic E-state index is -0.930. The van der Waals surface area contributed by atoms with Crippen LogP contribution in [-0.2, 0) is 4.79 Å². The van der Waals surface area contributed by atoms with Crippen LogP contribution in [0, 0.1) is 11.8 Å². The van der Waals surface area contributed by atoms with Gasteiger partial charge in [-0.15, -0.1) is 4.59 Å². The van der Waals surface area contributed by atoms with Crippen molar-refractivity contribution in [2.75, 3.05) is 7.05 Å². The molecule has 0 aromatic carbocycles. The van der Waals surface area contributed by atoms with E-state index in [-0.39, 0.29) is 5.71 Å². The summed E-state index contributed by atoms with van der Waals surface area (Å²) < 4.78 is 0.322. The molecule has 0 saturated heterocycles. The van der Waals surface area contributed by atoms with E-state index in [2.05, 4.69) is 11.2 Å². The number of carboxylic acid groups (broad SMARTS) is 1. The van der Waals surface area contributed by atoms with Crippen LogP contribution in [0.4, 0.5) is 0 Å². The lowest BCUT2D eigenvalue weighted by molar-refractivity contribution is -0.832. The maximum Gasteiger partial charge on any atom is 0.360 e. The number of quaternary nitrogens is 1. The first-order valence-electron chi connectivity index (χ1n) is 5.21. The second-order valence-corrected chi connectivity index (χ2v) is 4.58. The van der Waals surface area contributed by atoms with Crippen molar-refractivity contribution < 1.29 is 14.5 Å². The van der Waals surface area contributed by atoms with Crippen LogP contribution in [0.5, 0.6) is 0 Å². The summed E-state index contributed by atoms with van der Waals surface area (Å²) in [5, 5.41) is 13.2. The standard InChI is InChI=1S/C11H12N2O2/c1-13-5-4-7-2-3-8(7)10(13)6-9(12-13)11(14)15/h4-8H,2-3H2,1H3/p+1. The van der Waals surface area contributed by atoms with Gasteiger partial charge in [0.2, 0.25) is 5.71 Å². The molecule has 1 N–H and O–H groups in total. The van der Waals surface area contributed by atoms with Crippen LogP contribution in [0.2, 0.25) is 0 Å². The van der Waals surface area contributed by atoms with E-state index in [1.807, 2.05) is 13.2 Å². The van der Waals surface area contributed by atoms with Crippen molar-refractivity contribution in [1.82, 2.24) is 0 Å². The normalized spacial score (nSPS) is 41.1. The van der Waals surface area contributed by atoms with Crippen molar-refractivity contribution in [3.05, 3.63) is 24.0 Å². The molecule has 1 fully saturated rings. The highest BCUT2D eigenvalue weighted by Gasteiger charge is 2.48. The monoisotopic (exact) mass is 205 g/mol. The maximum atomic E-state index is 10.9. The molecule has 0 aromatic rings. The van der Waals surface area contributed by atoms with Crippen LogP contribution in [0.15, 0.2) is 29.2 Å². The number of carbonyl (C=O) groups is 1. The third-order valence-electron chi connectivity index (χ3n) is 3.67. The highest BCUT2D eigenvalue weighted by Crippen LogP contribution is 2.48. The molecule has 3 atom stereocenters. The lowest BCUT2D eigenvalue weighted by Crippen LogP contribution is -2.42. The zero-order chi connectivity index (χ0) is 10.6. The third kappa shape index (κ3) is 1.05. The Kier molecular flexibility index (Phi) is 1.52. The first-order chi connectivity index (χ1) is 7.10. The van der Waals surface area contributed by atoms with E-state index in [0.29, 0.717) is 16.4 Å². The minimum Gasteiger partial charge on any atom is -0.476 e. The Bertz CT molecular complexity index is 436. The second kappa shape index (κ2) is 2.58. The zero-order valence-electron chi connectivity index (χ0n) is 8.55. The van der Waals surface area contributed by atoms with Gasteiger partial charge in [0.25, 0.3) is 0 Å². The summed E-state index contributed by atoms with van der Waals surface area (Å²) in [6.07, 6.45) is 8.32. The topological polar surface area (TPSA) is 49.7 Å². The van der Waals surface area contributed by atoms with E-state index >= 15 is 0 Å². The van der Waals surface area contributed by atoms with E-state index in [1.165, 1.54) is 6.42 Å². The molecule has 3 aliphatic rings. The summed E-state index contributed by atoms with van der Waals surface area (Å²) in [6, 6.07) is 0. The fourth-order valence-electron chi connectivity index (χ4n) is 2.65. The van der Waals surface area contributed by atoms with Gasteiger partial charge in [-0.25, -0.2) is 4.79 Å². The fourth-order valence-corrected chi connectivity index (χ4v) is 2.65. The number of carboxylic acids is 1. The number of fused-ring (bicyclic) bond motifs is 3. The Balaban J connectivity index is 2.06. The van der Waals surface area contributed by atoms with Crippen LogP contribution in [-0.4, -0.2) is 28.4 Å². The molecule has 15 heavy (non-hydrogen) atoms. The van der Waals surface area contributed by atoms with E-state index < -0.39 is 5.97 Å². The summed E-state index contributed by atoms with van der Waals surface area (Å²) in [5.41, 5.74) is 1.33. The molecular formula is C11H13N2O2+. The molecule has 0 amide bonds. The van der Waals surface area contributed by atoms with Gasteiger partial charge in [-0.05, 0) is 24.8 Å². The summed E-state index contributed by atoms with van der Waals surface area (Å²) >= 11 is 0. The molecule has 3 rings (SSSR count). The molecule has 78 valence electrons. The summed E-state index contributed by atoms with van der Waals surface area (Å²) in [4.78, 5) is 10.9. The quantitative estimate of drug-likeness (QED) is 0.656. The molecule has 2 heterocycles. The second-order valence-electron chi connectivity index (χ2n) is 4.58. The average molecular weight is 205 g/mol. The largest absolute Gasteiger partial charge is 0.476 e. The van der Waals surface area contributed by atoms with Crippen LogP contribution in [0.25, 0.3) is 0 Å². The van der Waals surface area contributed by atoms with Gasteiger partial charge in [0.1, 0.15) is 18.9 Å². The first kappa shape index (κ1) is 8.85. The molecule has 1 saturated carbocycles. The SMILES string of the molecule is C[N+]12C=CC3CCC3C1=CC(C(=O)O)=N2. The van der Waals surface area contributed by atoms with Gasteiger partial charge < -0.3 is 5.11 Å². The third-order valence-corrected chi connectivity index (χ3v) is 3.67. The Hall–Kier alpha value is -1.42.